The summed E-state index contributed by atoms with van der Waals surface area (Å²) in [6, 6.07) is 14.2. The van der Waals surface area contributed by atoms with E-state index in [0.717, 1.165) is 28.0 Å². The second-order valence-corrected chi connectivity index (χ2v) is 5.65. The van der Waals surface area contributed by atoms with Crippen LogP contribution in [0.5, 0.6) is 0 Å². The molecule has 0 aromatic heterocycles. The molecule has 106 valence electrons. The molecule has 0 aliphatic carbocycles. The van der Waals surface area contributed by atoms with Gasteiger partial charge in [-0.25, -0.2) is 0 Å². The van der Waals surface area contributed by atoms with Crippen molar-refractivity contribution >= 4 is 27.3 Å². The summed E-state index contributed by atoms with van der Waals surface area (Å²) in [4.78, 5) is 2.14. The number of hydrogen-bond acceptors (Lipinski definition) is 3. The largest absolute Gasteiger partial charge is 0.398 e. The summed E-state index contributed by atoms with van der Waals surface area (Å²) in [5, 5.41) is 9.31. The minimum absolute atomic E-state index is 0.114. The molecule has 3 N–H and O–H groups in total. The first kappa shape index (κ1) is 14.9. The molecule has 0 saturated carbocycles. The van der Waals surface area contributed by atoms with Crippen molar-refractivity contribution in [3.05, 3.63) is 58.1 Å². The Labute approximate surface area is 128 Å². The van der Waals surface area contributed by atoms with Crippen LogP contribution in [0.3, 0.4) is 0 Å². The number of nitrogen functional groups attached to an aromatic ring is 1. The zero-order chi connectivity index (χ0) is 14.5. The first-order valence-corrected chi connectivity index (χ1v) is 7.36. The average molecular weight is 335 g/mol. The zero-order valence-corrected chi connectivity index (χ0v) is 13.1. The van der Waals surface area contributed by atoms with Crippen LogP contribution in [0.2, 0.25) is 0 Å². The molecular formula is C16H19BrN2O. The van der Waals surface area contributed by atoms with Crippen LogP contribution < -0.4 is 10.6 Å². The number of aliphatic hydroxyl groups is 1. The fourth-order valence-corrected chi connectivity index (χ4v) is 2.75. The lowest BCUT2D eigenvalue weighted by atomic mass is 10.1. The Morgan fingerprint density at radius 1 is 1.20 bits per heavy atom. The first-order chi connectivity index (χ1) is 9.61. The molecule has 0 saturated heterocycles. The molecule has 0 heterocycles. The fraction of sp³-hybridized carbons (Fsp3) is 0.250. The zero-order valence-electron chi connectivity index (χ0n) is 11.5. The van der Waals surface area contributed by atoms with Crippen molar-refractivity contribution in [1.29, 1.82) is 0 Å². The molecule has 0 aliphatic heterocycles. The Bertz CT molecular complexity index is 572. The van der Waals surface area contributed by atoms with Crippen molar-refractivity contribution < 1.29 is 5.11 Å². The number of hydrogen-bond donors (Lipinski definition) is 2. The number of rotatable bonds is 5. The molecule has 4 heteroatoms. The summed E-state index contributed by atoms with van der Waals surface area (Å²) in [6.45, 7) is 3.44. The van der Waals surface area contributed by atoms with Gasteiger partial charge in [0.15, 0.2) is 0 Å². The summed E-state index contributed by atoms with van der Waals surface area (Å²) in [7, 11) is 0. The van der Waals surface area contributed by atoms with Gasteiger partial charge in [0, 0.05) is 23.2 Å². The standard InChI is InChI=1S/C16H19BrN2O/c1-12-9-16(14(17)10-15(12)18)19(7-8-20)11-13-5-3-2-4-6-13/h2-6,9-10,20H,7-8,11,18H2,1H3. The van der Waals surface area contributed by atoms with Crippen molar-refractivity contribution in [1.82, 2.24) is 0 Å². The molecule has 2 aromatic carbocycles. The number of halogens is 1. The lowest BCUT2D eigenvalue weighted by molar-refractivity contribution is 0.301. The van der Waals surface area contributed by atoms with Crippen LogP contribution in [-0.2, 0) is 6.54 Å². The smallest absolute Gasteiger partial charge is 0.0606 e. The molecule has 3 nitrogen and oxygen atoms in total. The van der Waals surface area contributed by atoms with Crippen LogP contribution >= 0.6 is 15.9 Å². The van der Waals surface area contributed by atoms with Crippen LogP contribution in [-0.4, -0.2) is 18.3 Å². The van der Waals surface area contributed by atoms with Gasteiger partial charge in [-0.3, -0.25) is 0 Å². The lowest BCUT2D eigenvalue weighted by Crippen LogP contribution is -2.26. The van der Waals surface area contributed by atoms with Gasteiger partial charge in [0.1, 0.15) is 0 Å². The molecule has 0 aliphatic rings. The molecule has 20 heavy (non-hydrogen) atoms. The third-order valence-electron chi connectivity index (χ3n) is 3.26. The van der Waals surface area contributed by atoms with Crippen LogP contribution in [0.4, 0.5) is 11.4 Å². The number of aryl methyl sites for hydroxylation is 1. The SMILES string of the molecule is Cc1cc(N(CCO)Cc2ccccc2)c(Br)cc1N. The molecular weight excluding hydrogens is 316 g/mol. The average Bonchev–Trinajstić information content (AvgIpc) is 2.44. The number of nitrogens with zero attached hydrogens (tertiary/aromatic N) is 1. The predicted molar refractivity (Wildman–Crippen MR) is 87.9 cm³/mol. The van der Waals surface area contributed by atoms with Crippen molar-refractivity contribution in [2.45, 2.75) is 13.5 Å². The van der Waals surface area contributed by atoms with E-state index >= 15 is 0 Å². The normalized spacial score (nSPS) is 10.6. The molecule has 0 amide bonds. The summed E-state index contributed by atoms with van der Waals surface area (Å²) in [5.74, 6) is 0. The monoisotopic (exact) mass is 334 g/mol. The summed E-state index contributed by atoms with van der Waals surface area (Å²) in [5.41, 5.74) is 9.99. The van der Waals surface area contributed by atoms with Crippen molar-refractivity contribution in [2.24, 2.45) is 0 Å². The number of benzene rings is 2. The first-order valence-electron chi connectivity index (χ1n) is 6.57. The Kier molecular flexibility index (Phi) is 5.04. The van der Waals surface area contributed by atoms with E-state index in [1.165, 1.54) is 5.56 Å². The number of aliphatic hydroxyl groups excluding tert-OH is 1. The van der Waals surface area contributed by atoms with Gasteiger partial charge >= 0.3 is 0 Å². The van der Waals surface area contributed by atoms with Crippen LogP contribution in [0.25, 0.3) is 0 Å². The van der Waals surface area contributed by atoms with Gasteiger partial charge < -0.3 is 15.7 Å². The fourth-order valence-electron chi connectivity index (χ4n) is 2.13. The van der Waals surface area contributed by atoms with E-state index in [2.05, 4.69) is 39.0 Å². The molecule has 0 bridgehead atoms. The number of anilines is 2. The van der Waals surface area contributed by atoms with Gasteiger partial charge in [-0.1, -0.05) is 30.3 Å². The van der Waals surface area contributed by atoms with E-state index in [4.69, 9.17) is 5.73 Å². The van der Waals surface area contributed by atoms with Gasteiger partial charge in [-0.2, -0.15) is 0 Å². The van der Waals surface area contributed by atoms with Gasteiger partial charge in [0.05, 0.1) is 12.3 Å². The molecule has 2 rings (SSSR count). The van der Waals surface area contributed by atoms with E-state index in [9.17, 15) is 5.11 Å². The predicted octanol–water partition coefficient (Wildman–Crippen LogP) is 3.34. The van der Waals surface area contributed by atoms with E-state index in [-0.39, 0.29) is 6.61 Å². The summed E-state index contributed by atoms with van der Waals surface area (Å²) in [6.07, 6.45) is 0. The van der Waals surface area contributed by atoms with Crippen LogP contribution in [0.15, 0.2) is 46.9 Å². The van der Waals surface area contributed by atoms with E-state index < -0.39 is 0 Å². The Morgan fingerprint density at radius 2 is 1.90 bits per heavy atom. The third kappa shape index (κ3) is 3.52. The minimum Gasteiger partial charge on any atom is -0.398 e. The Hall–Kier alpha value is -1.52. The number of nitrogens with two attached hydrogens (primary N) is 1. The molecule has 0 fully saturated rings. The van der Waals surface area contributed by atoms with Gasteiger partial charge in [-0.05, 0) is 46.1 Å². The van der Waals surface area contributed by atoms with E-state index in [1.54, 1.807) is 0 Å². The Morgan fingerprint density at radius 3 is 2.55 bits per heavy atom. The molecule has 2 aromatic rings. The van der Waals surface area contributed by atoms with Crippen LogP contribution in [0.1, 0.15) is 11.1 Å². The third-order valence-corrected chi connectivity index (χ3v) is 3.90. The molecule has 0 radical (unpaired) electrons. The van der Waals surface area contributed by atoms with Crippen molar-refractivity contribution in [3.8, 4) is 0 Å². The Balaban J connectivity index is 2.31. The molecule has 0 unspecified atom stereocenters. The second-order valence-electron chi connectivity index (χ2n) is 4.79. The van der Waals surface area contributed by atoms with Crippen molar-refractivity contribution in [2.75, 3.05) is 23.8 Å². The van der Waals surface area contributed by atoms with E-state index in [1.807, 2.05) is 31.2 Å². The van der Waals surface area contributed by atoms with E-state index in [0.29, 0.717) is 6.54 Å². The molecule has 0 spiro atoms. The van der Waals surface area contributed by atoms with Gasteiger partial charge in [0.25, 0.3) is 0 Å². The van der Waals surface area contributed by atoms with Crippen molar-refractivity contribution in [3.63, 3.8) is 0 Å². The van der Waals surface area contributed by atoms with Crippen LogP contribution in [0, 0.1) is 6.92 Å². The van der Waals surface area contributed by atoms with Gasteiger partial charge in [0.2, 0.25) is 0 Å². The molecule has 0 atom stereocenters. The maximum Gasteiger partial charge on any atom is 0.0606 e. The highest BCUT2D eigenvalue weighted by Crippen LogP contribution is 2.31. The second kappa shape index (κ2) is 6.77. The lowest BCUT2D eigenvalue weighted by Gasteiger charge is -2.26. The topological polar surface area (TPSA) is 49.5 Å². The highest BCUT2D eigenvalue weighted by Gasteiger charge is 2.12. The summed E-state index contributed by atoms with van der Waals surface area (Å²) >= 11 is 3.56. The minimum atomic E-state index is 0.114. The quantitative estimate of drug-likeness (QED) is 0.824. The maximum absolute atomic E-state index is 9.31. The highest BCUT2D eigenvalue weighted by molar-refractivity contribution is 9.10. The summed E-state index contributed by atoms with van der Waals surface area (Å²) < 4.78 is 0.949. The maximum atomic E-state index is 9.31. The van der Waals surface area contributed by atoms with Gasteiger partial charge in [-0.15, -0.1) is 0 Å². The highest BCUT2D eigenvalue weighted by atomic mass is 79.9.